The molecule has 0 aromatic carbocycles. The number of aromatic nitrogens is 1. The summed E-state index contributed by atoms with van der Waals surface area (Å²) in [5.74, 6) is 0.139. The first-order chi connectivity index (χ1) is 9.56. The van der Waals surface area contributed by atoms with Gasteiger partial charge in [-0.15, -0.1) is 36.2 Å². The lowest BCUT2D eigenvalue weighted by molar-refractivity contribution is 0.0661. The van der Waals surface area contributed by atoms with Crippen LogP contribution in [0.3, 0.4) is 0 Å². The fourth-order valence-electron chi connectivity index (χ4n) is 2.30. The van der Waals surface area contributed by atoms with Crippen molar-refractivity contribution >= 4 is 68.1 Å². The topological polar surface area (TPSA) is 48.5 Å². The van der Waals surface area contributed by atoms with E-state index in [4.69, 9.17) is 0 Å². The number of amides is 1. The van der Waals surface area contributed by atoms with Gasteiger partial charge in [-0.1, -0.05) is 11.3 Å². The number of carbonyl (C=O) groups is 1. The number of nitrogens with zero attached hydrogens (tertiary/aromatic N) is 3. The van der Waals surface area contributed by atoms with Crippen molar-refractivity contribution in [1.82, 2.24) is 15.2 Å². The lowest BCUT2D eigenvalue weighted by atomic mass is 10.2. The van der Waals surface area contributed by atoms with Gasteiger partial charge in [0.05, 0.1) is 9.58 Å². The summed E-state index contributed by atoms with van der Waals surface area (Å²) < 4.78 is 1.10. The van der Waals surface area contributed by atoms with Gasteiger partial charge in [-0.25, -0.2) is 4.98 Å². The fraction of sp³-hybridized carbons (Fsp3) is 0.538. The van der Waals surface area contributed by atoms with Gasteiger partial charge in [-0.3, -0.25) is 4.79 Å². The molecular weight excluding hydrogens is 363 g/mol. The Labute approximate surface area is 150 Å². The standard InChI is InChI=1S/C13H18N4OS2.2ClH/c1-8-7-14-4-5-17(8)12(18)10-6-9-11(19-10)15-13(20-9)16(2)3;;/h6,8,14H,4-5,7H2,1-3H3;2*1H/t8-;;/m1../s1. The zero-order valence-electron chi connectivity index (χ0n) is 12.7. The Kier molecular flexibility index (Phi) is 6.88. The van der Waals surface area contributed by atoms with Gasteiger partial charge < -0.3 is 15.1 Å². The first-order valence-corrected chi connectivity index (χ1v) is 8.29. The quantitative estimate of drug-likeness (QED) is 0.867. The van der Waals surface area contributed by atoms with E-state index in [-0.39, 0.29) is 36.8 Å². The molecule has 2 aromatic heterocycles. The van der Waals surface area contributed by atoms with Crippen LogP contribution in [0.1, 0.15) is 16.6 Å². The molecule has 22 heavy (non-hydrogen) atoms. The molecule has 0 radical (unpaired) electrons. The summed E-state index contributed by atoms with van der Waals surface area (Å²) in [5.41, 5.74) is 0. The third-order valence-corrected chi connectivity index (χ3v) is 5.75. The Bertz CT molecular complexity index is 612. The van der Waals surface area contributed by atoms with Crippen molar-refractivity contribution in [2.45, 2.75) is 13.0 Å². The number of anilines is 1. The van der Waals surface area contributed by atoms with E-state index >= 15 is 0 Å². The average molecular weight is 383 g/mol. The van der Waals surface area contributed by atoms with Crippen molar-refractivity contribution in [3.05, 3.63) is 10.9 Å². The fourth-order valence-corrected chi connectivity index (χ4v) is 4.39. The summed E-state index contributed by atoms with van der Waals surface area (Å²) in [7, 11) is 3.97. The van der Waals surface area contributed by atoms with Crippen LogP contribution >= 0.6 is 47.5 Å². The molecule has 0 saturated carbocycles. The Balaban J connectivity index is 0.00000121. The smallest absolute Gasteiger partial charge is 0.264 e. The molecule has 2 aromatic rings. The van der Waals surface area contributed by atoms with E-state index in [1.165, 1.54) is 11.3 Å². The van der Waals surface area contributed by atoms with Gasteiger partial charge in [0.1, 0.15) is 4.83 Å². The summed E-state index contributed by atoms with van der Waals surface area (Å²) in [6.45, 7) is 4.61. The van der Waals surface area contributed by atoms with Crippen molar-refractivity contribution in [2.24, 2.45) is 0 Å². The summed E-state index contributed by atoms with van der Waals surface area (Å²) in [6, 6.07) is 2.24. The molecule has 0 bridgehead atoms. The number of nitrogens with one attached hydrogen (secondary N) is 1. The second-order valence-electron chi connectivity index (χ2n) is 5.22. The van der Waals surface area contributed by atoms with E-state index < -0.39 is 0 Å². The van der Waals surface area contributed by atoms with E-state index in [9.17, 15) is 4.79 Å². The molecular formula is C13H20Cl2N4OS2. The van der Waals surface area contributed by atoms with Crippen LogP contribution in [0.25, 0.3) is 9.53 Å². The van der Waals surface area contributed by atoms with E-state index in [1.807, 2.05) is 30.0 Å². The average Bonchev–Trinajstić information content (AvgIpc) is 2.96. The zero-order valence-corrected chi connectivity index (χ0v) is 15.9. The Hall–Kier alpha value is -0.600. The molecule has 9 heteroatoms. The van der Waals surface area contributed by atoms with E-state index in [0.29, 0.717) is 0 Å². The molecule has 0 unspecified atom stereocenters. The van der Waals surface area contributed by atoms with Gasteiger partial charge in [-0.05, 0) is 13.0 Å². The van der Waals surface area contributed by atoms with Crippen LogP contribution < -0.4 is 10.2 Å². The Morgan fingerprint density at radius 1 is 1.41 bits per heavy atom. The van der Waals surface area contributed by atoms with Crippen molar-refractivity contribution in [3.8, 4) is 0 Å². The number of piperazine rings is 1. The molecule has 1 fully saturated rings. The molecule has 3 rings (SSSR count). The summed E-state index contributed by atoms with van der Waals surface area (Å²) >= 11 is 3.13. The zero-order chi connectivity index (χ0) is 14.3. The second-order valence-corrected chi connectivity index (χ2v) is 7.26. The highest BCUT2D eigenvalue weighted by Gasteiger charge is 2.26. The molecule has 1 atom stereocenters. The number of thiophene rings is 1. The van der Waals surface area contributed by atoms with Crippen molar-refractivity contribution in [2.75, 3.05) is 38.6 Å². The maximum atomic E-state index is 12.6. The first kappa shape index (κ1) is 19.4. The third-order valence-electron chi connectivity index (χ3n) is 3.43. The SMILES string of the molecule is C[C@@H]1CNCCN1C(=O)c1cc2sc(N(C)C)nc2s1.Cl.Cl. The van der Waals surface area contributed by atoms with Crippen LogP contribution in [0.5, 0.6) is 0 Å². The van der Waals surface area contributed by atoms with E-state index in [0.717, 1.165) is 39.2 Å². The molecule has 5 nitrogen and oxygen atoms in total. The maximum Gasteiger partial charge on any atom is 0.264 e. The van der Waals surface area contributed by atoms with Crippen molar-refractivity contribution < 1.29 is 4.79 Å². The largest absolute Gasteiger partial charge is 0.354 e. The third kappa shape index (κ3) is 3.65. The molecule has 1 amide bonds. The normalized spacial score (nSPS) is 17.8. The van der Waals surface area contributed by atoms with Crippen LogP contribution in [-0.4, -0.2) is 55.6 Å². The second kappa shape index (κ2) is 7.79. The van der Waals surface area contributed by atoms with Gasteiger partial charge in [-0.2, -0.15) is 0 Å². The number of rotatable bonds is 2. The molecule has 1 saturated heterocycles. The highest BCUT2D eigenvalue weighted by atomic mass is 35.5. The minimum absolute atomic E-state index is 0. The van der Waals surface area contributed by atoms with Crippen LogP contribution in [-0.2, 0) is 0 Å². The van der Waals surface area contributed by atoms with Gasteiger partial charge in [0, 0.05) is 39.8 Å². The first-order valence-electron chi connectivity index (χ1n) is 6.65. The van der Waals surface area contributed by atoms with Gasteiger partial charge in [0.2, 0.25) is 0 Å². The lowest BCUT2D eigenvalue weighted by Gasteiger charge is -2.33. The van der Waals surface area contributed by atoms with Crippen molar-refractivity contribution in [3.63, 3.8) is 0 Å². The van der Waals surface area contributed by atoms with Crippen LogP contribution in [0.15, 0.2) is 6.07 Å². The van der Waals surface area contributed by atoms with Gasteiger partial charge >= 0.3 is 0 Å². The van der Waals surface area contributed by atoms with E-state index in [1.54, 1.807) is 11.3 Å². The lowest BCUT2D eigenvalue weighted by Crippen LogP contribution is -2.52. The maximum absolute atomic E-state index is 12.6. The highest BCUT2D eigenvalue weighted by molar-refractivity contribution is 7.29. The summed E-state index contributed by atoms with van der Waals surface area (Å²) in [6.07, 6.45) is 0. The Morgan fingerprint density at radius 2 is 2.14 bits per heavy atom. The molecule has 124 valence electrons. The predicted molar refractivity (Wildman–Crippen MR) is 99.7 cm³/mol. The molecule has 0 aliphatic carbocycles. The number of fused-ring (bicyclic) bond motifs is 1. The van der Waals surface area contributed by atoms with Gasteiger partial charge in [0.25, 0.3) is 5.91 Å². The summed E-state index contributed by atoms with van der Waals surface area (Å²) in [5, 5.41) is 4.29. The number of thiazole rings is 1. The molecule has 3 heterocycles. The monoisotopic (exact) mass is 382 g/mol. The molecule has 1 aliphatic rings. The minimum atomic E-state index is 0. The van der Waals surface area contributed by atoms with Crippen LogP contribution in [0.4, 0.5) is 5.13 Å². The number of carbonyl (C=O) groups excluding carboxylic acids is 1. The molecule has 1 aliphatic heterocycles. The molecule has 0 spiro atoms. The van der Waals surface area contributed by atoms with Crippen molar-refractivity contribution in [1.29, 1.82) is 0 Å². The predicted octanol–water partition coefficient (Wildman–Crippen LogP) is 2.70. The molecule has 1 N–H and O–H groups in total. The van der Waals surface area contributed by atoms with Gasteiger partial charge in [0.15, 0.2) is 5.13 Å². The summed E-state index contributed by atoms with van der Waals surface area (Å²) in [4.78, 5) is 22.9. The highest BCUT2D eigenvalue weighted by Crippen LogP contribution is 2.34. The number of hydrogen-bond acceptors (Lipinski definition) is 6. The Morgan fingerprint density at radius 3 is 2.73 bits per heavy atom. The van der Waals surface area contributed by atoms with Crippen LogP contribution in [0.2, 0.25) is 0 Å². The minimum Gasteiger partial charge on any atom is -0.354 e. The van der Waals surface area contributed by atoms with Crippen LogP contribution in [0, 0.1) is 0 Å². The number of hydrogen-bond donors (Lipinski definition) is 1. The van der Waals surface area contributed by atoms with E-state index in [2.05, 4.69) is 17.2 Å². The number of halogens is 2.